The van der Waals surface area contributed by atoms with Crippen molar-refractivity contribution in [2.45, 2.75) is 63.8 Å². The third-order valence-electron chi connectivity index (χ3n) is 8.09. The van der Waals surface area contributed by atoms with Gasteiger partial charge in [-0.2, -0.15) is 0 Å². The average molecular weight is 527 g/mol. The molecule has 1 aromatic carbocycles. The Balaban J connectivity index is 1.72. The van der Waals surface area contributed by atoms with Crippen LogP contribution < -0.4 is 16.6 Å². The normalized spacial score (nSPS) is 18.0. The maximum absolute atomic E-state index is 13.1. The van der Waals surface area contributed by atoms with Crippen molar-refractivity contribution in [1.82, 2.24) is 29.3 Å². The molecule has 1 saturated carbocycles. The Labute approximate surface area is 229 Å². The number of aryl methyl sites for hydroxylation is 1. The van der Waals surface area contributed by atoms with Crippen LogP contribution in [0.2, 0.25) is 0 Å². The lowest BCUT2D eigenvalue weighted by atomic mass is 9.79. The lowest BCUT2D eigenvalue weighted by Gasteiger charge is -2.44. The minimum Gasteiger partial charge on any atom is -0.385 e. The molecule has 8 heteroatoms. The van der Waals surface area contributed by atoms with Gasteiger partial charge in [-0.15, -0.1) is 0 Å². The molecule has 1 saturated heterocycles. The van der Waals surface area contributed by atoms with Crippen molar-refractivity contribution < 1.29 is 0 Å². The smallest absolute Gasteiger partial charge is 0.332 e. The number of nitrogens with zero attached hydrogens (tertiary/aromatic N) is 5. The van der Waals surface area contributed by atoms with Crippen molar-refractivity contribution in [1.29, 1.82) is 0 Å². The maximum atomic E-state index is 13.1. The van der Waals surface area contributed by atoms with Gasteiger partial charge in [-0.3, -0.25) is 18.8 Å². The van der Waals surface area contributed by atoms with Gasteiger partial charge in [-0.05, 0) is 63.3 Å². The topological polar surface area (TPSA) is 85.1 Å². The van der Waals surface area contributed by atoms with Crippen LogP contribution >= 0.6 is 0 Å². The first-order chi connectivity index (χ1) is 18.9. The molecule has 0 amide bonds. The molecule has 0 radical (unpaired) electrons. The van der Waals surface area contributed by atoms with E-state index in [9.17, 15) is 9.59 Å². The SMILES string of the molecule is CCN/C(=C\c1nc2c(nc1C#CC1(N3CCCCC3)CCCCC1)c(=O)n(C)c(=O)n2C)c1ccccc1. The Bertz CT molecular complexity index is 1550. The number of hydrogen-bond acceptors (Lipinski definition) is 6. The fraction of sp³-hybridized carbons (Fsp3) is 0.484. The highest BCUT2D eigenvalue weighted by Gasteiger charge is 2.37. The van der Waals surface area contributed by atoms with Crippen molar-refractivity contribution in [3.8, 4) is 11.8 Å². The third-order valence-corrected chi connectivity index (χ3v) is 8.09. The lowest BCUT2D eigenvalue weighted by molar-refractivity contribution is 0.0792. The van der Waals surface area contributed by atoms with Crippen molar-refractivity contribution in [3.05, 3.63) is 68.1 Å². The summed E-state index contributed by atoms with van der Waals surface area (Å²) >= 11 is 0. The van der Waals surface area contributed by atoms with E-state index in [0.717, 1.165) is 48.3 Å². The van der Waals surface area contributed by atoms with Crippen molar-refractivity contribution in [2.24, 2.45) is 14.1 Å². The summed E-state index contributed by atoms with van der Waals surface area (Å²) in [6.45, 7) is 4.92. The van der Waals surface area contributed by atoms with Crippen LogP contribution in [0.3, 0.4) is 0 Å². The van der Waals surface area contributed by atoms with E-state index in [0.29, 0.717) is 11.4 Å². The fourth-order valence-electron chi connectivity index (χ4n) is 5.91. The molecule has 1 N–H and O–H groups in total. The molecule has 2 aliphatic rings. The minimum absolute atomic E-state index is 0.154. The summed E-state index contributed by atoms with van der Waals surface area (Å²) in [4.78, 5) is 38.0. The first-order valence-electron chi connectivity index (χ1n) is 14.2. The van der Waals surface area contributed by atoms with Crippen LogP contribution in [-0.4, -0.2) is 49.2 Å². The first-order valence-corrected chi connectivity index (χ1v) is 14.2. The number of fused-ring (bicyclic) bond motifs is 1. The number of likely N-dealkylation sites (tertiary alicyclic amines) is 1. The van der Waals surface area contributed by atoms with E-state index in [1.54, 1.807) is 7.05 Å². The molecule has 39 heavy (non-hydrogen) atoms. The van der Waals surface area contributed by atoms with Crippen molar-refractivity contribution in [3.63, 3.8) is 0 Å². The Kier molecular flexibility index (Phi) is 7.99. The van der Waals surface area contributed by atoms with E-state index >= 15 is 0 Å². The molecule has 1 aliphatic heterocycles. The second-order valence-electron chi connectivity index (χ2n) is 10.7. The highest BCUT2D eigenvalue weighted by molar-refractivity contribution is 5.82. The summed E-state index contributed by atoms with van der Waals surface area (Å²) in [6, 6.07) is 10.0. The molecule has 2 aromatic heterocycles. The Morgan fingerprint density at radius 1 is 0.974 bits per heavy atom. The van der Waals surface area contributed by atoms with Gasteiger partial charge in [0.05, 0.1) is 5.54 Å². The summed E-state index contributed by atoms with van der Waals surface area (Å²) in [7, 11) is 3.09. The van der Waals surface area contributed by atoms with Gasteiger partial charge in [-0.25, -0.2) is 14.8 Å². The zero-order chi connectivity index (χ0) is 27.4. The molecule has 8 nitrogen and oxygen atoms in total. The molecule has 0 bridgehead atoms. The molecular formula is C31H38N6O2. The van der Waals surface area contributed by atoms with Crippen LogP contribution in [0.1, 0.15) is 75.2 Å². The highest BCUT2D eigenvalue weighted by atomic mass is 16.2. The molecule has 204 valence electrons. The van der Waals surface area contributed by atoms with Gasteiger partial charge in [0.25, 0.3) is 5.56 Å². The van der Waals surface area contributed by atoms with Gasteiger partial charge in [-0.1, -0.05) is 61.9 Å². The highest BCUT2D eigenvalue weighted by Crippen LogP contribution is 2.35. The van der Waals surface area contributed by atoms with Crippen LogP contribution in [0.4, 0.5) is 0 Å². The summed E-state index contributed by atoms with van der Waals surface area (Å²) in [5, 5.41) is 3.44. The van der Waals surface area contributed by atoms with Gasteiger partial charge in [0, 0.05) is 26.3 Å². The van der Waals surface area contributed by atoms with E-state index in [-0.39, 0.29) is 16.7 Å². The second kappa shape index (κ2) is 11.6. The standard InChI is InChI=1S/C31H38N6O2/c1-4-32-25(23-14-8-5-9-15-23)22-26-24(33-27-28(34-26)35(2)30(39)36(3)29(27)38)16-19-31(17-10-6-11-18-31)37-20-12-7-13-21-37/h5,8-9,14-15,22,32H,4,6-7,10-13,17-18,20-21H2,1-3H3/b25-22-. The van der Waals surface area contributed by atoms with Gasteiger partial charge in [0.2, 0.25) is 0 Å². The summed E-state index contributed by atoms with van der Waals surface area (Å²) in [5.41, 5.74) is 2.24. The summed E-state index contributed by atoms with van der Waals surface area (Å²) < 4.78 is 2.46. The van der Waals surface area contributed by atoms with Crippen molar-refractivity contribution >= 4 is 22.9 Å². The van der Waals surface area contributed by atoms with Crippen LogP contribution in [0.25, 0.3) is 22.9 Å². The van der Waals surface area contributed by atoms with Crippen molar-refractivity contribution in [2.75, 3.05) is 19.6 Å². The van der Waals surface area contributed by atoms with E-state index in [1.807, 2.05) is 43.3 Å². The number of aromatic nitrogens is 4. The predicted octanol–water partition coefficient (Wildman–Crippen LogP) is 3.68. The first kappa shape index (κ1) is 26.9. The van der Waals surface area contributed by atoms with Gasteiger partial charge in [0.15, 0.2) is 11.2 Å². The van der Waals surface area contributed by atoms with Crippen LogP contribution in [0.15, 0.2) is 39.9 Å². The van der Waals surface area contributed by atoms with Gasteiger partial charge >= 0.3 is 5.69 Å². The third kappa shape index (κ3) is 5.41. The molecule has 0 spiro atoms. The molecular weight excluding hydrogens is 488 g/mol. The van der Waals surface area contributed by atoms with Crippen LogP contribution in [-0.2, 0) is 14.1 Å². The largest absolute Gasteiger partial charge is 0.385 e. The molecule has 2 fully saturated rings. The zero-order valence-electron chi connectivity index (χ0n) is 23.3. The number of nitrogens with one attached hydrogen (secondary N) is 1. The quantitative estimate of drug-likeness (QED) is 0.511. The molecule has 3 heterocycles. The van der Waals surface area contributed by atoms with Crippen LogP contribution in [0.5, 0.6) is 0 Å². The summed E-state index contributed by atoms with van der Waals surface area (Å²) in [6.07, 6.45) is 11.3. The van der Waals surface area contributed by atoms with E-state index < -0.39 is 11.2 Å². The van der Waals surface area contributed by atoms with Gasteiger partial charge in [0.1, 0.15) is 11.4 Å². The van der Waals surface area contributed by atoms with E-state index in [1.165, 1.54) is 50.1 Å². The number of benzene rings is 1. The average Bonchev–Trinajstić information content (AvgIpc) is 2.99. The predicted molar refractivity (Wildman–Crippen MR) is 156 cm³/mol. The summed E-state index contributed by atoms with van der Waals surface area (Å²) in [5.74, 6) is 7.10. The number of hydrogen-bond donors (Lipinski definition) is 1. The van der Waals surface area contributed by atoms with E-state index in [2.05, 4.69) is 22.1 Å². The Morgan fingerprint density at radius 2 is 1.67 bits per heavy atom. The Hall–Kier alpha value is -3.70. The number of piperidine rings is 1. The molecule has 5 rings (SSSR count). The molecule has 1 aliphatic carbocycles. The minimum atomic E-state index is -0.461. The van der Waals surface area contributed by atoms with Gasteiger partial charge < -0.3 is 5.32 Å². The zero-order valence-corrected chi connectivity index (χ0v) is 23.3. The molecule has 3 aromatic rings. The van der Waals surface area contributed by atoms with E-state index in [4.69, 9.17) is 9.97 Å². The number of rotatable bonds is 5. The second-order valence-corrected chi connectivity index (χ2v) is 10.7. The Morgan fingerprint density at radius 3 is 2.36 bits per heavy atom. The van der Waals surface area contributed by atoms with Crippen LogP contribution in [0, 0.1) is 11.8 Å². The molecule has 0 atom stereocenters. The lowest BCUT2D eigenvalue weighted by Crippen LogP contribution is -2.51. The molecule has 0 unspecified atom stereocenters. The monoisotopic (exact) mass is 526 g/mol. The fourth-order valence-corrected chi connectivity index (χ4v) is 5.91. The maximum Gasteiger partial charge on any atom is 0.332 e.